The highest BCUT2D eigenvalue weighted by atomic mass is 16.6. The molecule has 1 aliphatic heterocycles. The average molecular weight is 687 g/mol. The predicted molar refractivity (Wildman–Crippen MR) is 177 cm³/mol. The minimum Gasteiger partial charge on any atom is -0.444 e. The Hall–Kier alpha value is -4.63. The Kier molecular flexibility index (Phi) is 12.8. The van der Waals surface area contributed by atoms with Crippen LogP contribution in [0.1, 0.15) is 84.6 Å². The molecule has 2 heterocycles. The zero-order valence-electron chi connectivity index (χ0n) is 29.6. The summed E-state index contributed by atoms with van der Waals surface area (Å²) in [5.41, 5.74) is -1.62. The lowest BCUT2D eigenvalue weighted by molar-refractivity contribution is -0.142. The van der Waals surface area contributed by atoms with Gasteiger partial charge in [-0.2, -0.15) is 0 Å². The predicted octanol–water partition coefficient (Wildman–Crippen LogP) is 0.564. The lowest BCUT2D eigenvalue weighted by atomic mass is 9.85. The van der Waals surface area contributed by atoms with E-state index in [0.717, 1.165) is 12.8 Å². The van der Waals surface area contributed by atoms with Crippen molar-refractivity contribution in [1.82, 2.24) is 41.0 Å². The Balaban J connectivity index is 1.81. The Labute approximate surface area is 286 Å². The molecule has 3 rings (SSSR count). The maximum atomic E-state index is 14.1. The standard InChI is InChI=1S/C33H50N8O8/c1-9-10-21(25(43)29(46)37-19-11-12-19)38-27(44)20-17-41(31(48)49-33(5,6)7)18-23(20)40(8)30(47)26(32(2,3)4)39-24(42)16-36-28(45)22-15-34-13-14-35-22/h13-15,19-21,23,26H,9-12,16-18H2,1-8H3,(H,36,45)(H,37,46)(H,38,44)(H,39,42)/t20-,21+,23+,26-/m1/s1. The monoisotopic (exact) mass is 686 g/mol. The van der Waals surface area contributed by atoms with Gasteiger partial charge in [0.1, 0.15) is 17.3 Å². The maximum Gasteiger partial charge on any atom is 0.410 e. The number of ketones is 1. The van der Waals surface area contributed by atoms with Gasteiger partial charge in [0.05, 0.1) is 30.7 Å². The molecule has 1 saturated carbocycles. The third-order valence-corrected chi connectivity index (χ3v) is 8.09. The van der Waals surface area contributed by atoms with Crippen molar-refractivity contribution in [1.29, 1.82) is 0 Å². The SMILES string of the molecule is CCC[C@H](NC(=O)[C@@H]1CN(C(=O)OC(C)(C)C)C[C@@H]1N(C)C(=O)[C@@H](NC(=O)CNC(=O)c1cnccn1)C(C)(C)C)C(=O)C(=O)NC1CC1. The third-order valence-electron chi connectivity index (χ3n) is 8.09. The van der Waals surface area contributed by atoms with Crippen LogP contribution in [0.2, 0.25) is 0 Å². The van der Waals surface area contributed by atoms with E-state index in [2.05, 4.69) is 31.2 Å². The number of carbonyl (C=O) groups is 7. The van der Waals surface area contributed by atoms with Crippen LogP contribution in [0.15, 0.2) is 18.6 Å². The van der Waals surface area contributed by atoms with E-state index in [4.69, 9.17) is 4.74 Å². The van der Waals surface area contributed by atoms with Gasteiger partial charge in [0, 0.05) is 38.6 Å². The first-order valence-electron chi connectivity index (χ1n) is 16.6. The van der Waals surface area contributed by atoms with Crippen molar-refractivity contribution in [2.45, 2.75) is 104 Å². The molecule has 1 aromatic rings. The second kappa shape index (κ2) is 16.2. The fourth-order valence-electron chi connectivity index (χ4n) is 5.29. The van der Waals surface area contributed by atoms with Gasteiger partial charge in [-0.15, -0.1) is 0 Å². The van der Waals surface area contributed by atoms with Gasteiger partial charge in [-0.05, 0) is 45.4 Å². The van der Waals surface area contributed by atoms with Crippen LogP contribution in [0.4, 0.5) is 4.79 Å². The van der Waals surface area contributed by atoms with Crippen molar-refractivity contribution in [2.75, 3.05) is 26.7 Å². The summed E-state index contributed by atoms with van der Waals surface area (Å²) in [6, 6.07) is -3.11. The molecule has 16 nitrogen and oxygen atoms in total. The Bertz CT molecular complexity index is 1400. The smallest absolute Gasteiger partial charge is 0.410 e. The number of amides is 6. The van der Waals surface area contributed by atoms with E-state index >= 15 is 0 Å². The fourth-order valence-corrected chi connectivity index (χ4v) is 5.29. The lowest BCUT2D eigenvalue weighted by Gasteiger charge is -2.37. The summed E-state index contributed by atoms with van der Waals surface area (Å²) >= 11 is 0. The molecule has 0 unspecified atom stereocenters. The number of hydrogen-bond donors (Lipinski definition) is 4. The molecule has 2 fully saturated rings. The molecule has 49 heavy (non-hydrogen) atoms. The van der Waals surface area contributed by atoms with E-state index in [1.807, 2.05) is 6.92 Å². The van der Waals surface area contributed by atoms with Crippen LogP contribution in [0.5, 0.6) is 0 Å². The fraction of sp³-hybridized carbons (Fsp3) is 0.667. The number of ether oxygens (including phenoxy) is 1. The summed E-state index contributed by atoms with van der Waals surface area (Å²) in [5, 5.41) is 10.5. The number of carbonyl (C=O) groups excluding carboxylic acids is 7. The Morgan fingerprint density at radius 3 is 2.22 bits per heavy atom. The minimum absolute atomic E-state index is 0.0185. The first-order chi connectivity index (χ1) is 22.8. The van der Waals surface area contributed by atoms with Crippen molar-refractivity contribution in [3.8, 4) is 0 Å². The van der Waals surface area contributed by atoms with Crippen molar-refractivity contribution in [3.05, 3.63) is 24.3 Å². The number of likely N-dealkylation sites (N-methyl/N-ethyl adjacent to an activating group) is 1. The van der Waals surface area contributed by atoms with Gasteiger partial charge in [-0.1, -0.05) is 34.1 Å². The number of nitrogens with zero attached hydrogens (tertiary/aromatic N) is 4. The van der Waals surface area contributed by atoms with E-state index in [1.54, 1.807) is 41.5 Å². The van der Waals surface area contributed by atoms with E-state index in [0.29, 0.717) is 6.42 Å². The Morgan fingerprint density at radius 1 is 1.00 bits per heavy atom. The summed E-state index contributed by atoms with van der Waals surface area (Å²) in [7, 11) is 1.48. The number of nitrogens with one attached hydrogen (secondary N) is 4. The number of likely N-dealkylation sites (tertiary alicyclic amines) is 1. The molecule has 4 atom stereocenters. The van der Waals surface area contributed by atoms with Crippen LogP contribution in [-0.2, 0) is 28.7 Å². The molecule has 16 heteroatoms. The number of aromatic nitrogens is 2. The molecule has 0 aromatic carbocycles. The normalized spacial score (nSPS) is 18.8. The molecule has 0 radical (unpaired) electrons. The van der Waals surface area contributed by atoms with Crippen LogP contribution in [-0.4, -0.2) is 118 Å². The second-order valence-electron chi connectivity index (χ2n) is 14.6. The van der Waals surface area contributed by atoms with Gasteiger partial charge < -0.3 is 35.8 Å². The molecule has 1 aliphatic carbocycles. The molecule has 6 amide bonds. The molecule has 1 aromatic heterocycles. The largest absolute Gasteiger partial charge is 0.444 e. The van der Waals surface area contributed by atoms with Crippen LogP contribution >= 0.6 is 0 Å². The number of Topliss-reactive ketones (excluding diaryl/α,β-unsaturated/α-hetero) is 1. The van der Waals surface area contributed by atoms with Crippen LogP contribution in [0, 0.1) is 11.3 Å². The van der Waals surface area contributed by atoms with Gasteiger partial charge in [-0.3, -0.25) is 33.8 Å². The van der Waals surface area contributed by atoms with E-state index < -0.39 is 83.0 Å². The topological polar surface area (TPSA) is 209 Å². The van der Waals surface area contributed by atoms with E-state index in [-0.39, 0.29) is 31.2 Å². The van der Waals surface area contributed by atoms with Gasteiger partial charge in [0.15, 0.2) is 0 Å². The highest BCUT2D eigenvalue weighted by Crippen LogP contribution is 2.28. The summed E-state index contributed by atoms with van der Waals surface area (Å²) < 4.78 is 5.55. The second-order valence-corrected chi connectivity index (χ2v) is 14.6. The van der Waals surface area contributed by atoms with E-state index in [9.17, 15) is 33.6 Å². The molecule has 1 saturated heterocycles. The third kappa shape index (κ3) is 11.2. The zero-order chi connectivity index (χ0) is 36.7. The van der Waals surface area contributed by atoms with Gasteiger partial charge in [0.2, 0.25) is 23.5 Å². The Morgan fingerprint density at radius 2 is 1.67 bits per heavy atom. The van der Waals surface area contributed by atoms with Crippen molar-refractivity contribution in [2.24, 2.45) is 11.3 Å². The number of hydrogen-bond acceptors (Lipinski definition) is 10. The highest BCUT2D eigenvalue weighted by molar-refractivity contribution is 6.38. The highest BCUT2D eigenvalue weighted by Gasteiger charge is 2.47. The summed E-state index contributed by atoms with van der Waals surface area (Å²) in [5.74, 6) is -4.92. The van der Waals surface area contributed by atoms with Crippen molar-refractivity contribution in [3.63, 3.8) is 0 Å². The summed E-state index contributed by atoms with van der Waals surface area (Å²) in [6.07, 6.45) is 5.63. The van der Waals surface area contributed by atoms with Gasteiger partial charge in [0.25, 0.3) is 11.8 Å². The first kappa shape index (κ1) is 38.8. The van der Waals surface area contributed by atoms with Gasteiger partial charge in [-0.25, -0.2) is 9.78 Å². The van der Waals surface area contributed by atoms with Crippen LogP contribution < -0.4 is 21.3 Å². The molecule has 270 valence electrons. The maximum absolute atomic E-state index is 14.1. The molecule has 2 aliphatic rings. The van der Waals surface area contributed by atoms with Crippen molar-refractivity contribution >= 4 is 41.4 Å². The summed E-state index contributed by atoms with van der Waals surface area (Å²) in [4.78, 5) is 102. The molecular formula is C33H50N8O8. The van der Waals surface area contributed by atoms with Crippen LogP contribution in [0.3, 0.4) is 0 Å². The summed E-state index contributed by atoms with van der Waals surface area (Å²) in [6.45, 7) is 11.6. The molecule has 0 spiro atoms. The zero-order valence-corrected chi connectivity index (χ0v) is 29.6. The average Bonchev–Trinajstić information content (AvgIpc) is 3.72. The number of rotatable bonds is 13. The minimum atomic E-state index is -1.10. The van der Waals surface area contributed by atoms with Crippen LogP contribution in [0.25, 0.3) is 0 Å². The first-order valence-corrected chi connectivity index (χ1v) is 16.6. The van der Waals surface area contributed by atoms with Crippen molar-refractivity contribution < 1.29 is 38.3 Å². The lowest BCUT2D eigenvalue weighted by Crippen LogP contribution is -2.59. The van der Waals surface area contributed by atoms with E-state index in [1.165, 1.54) is 35.4 Å². The van der Waals surface area contributed by atoms with Gasteiger partial charge >= 0.3 is 6.09 Å². The molecule has 4 N–H and O–H groups in total. The quantitative estimate of drug-likeness (QED) is 0.212. The molecular weight excluding hydrogens is 636 g/mol. The molecule has 0 bridgehead atoms.